The van der Waals surface area contributed by atoms with Gasteiger partial charge in [0.1, 0.15) is 11.4 Å². The SMILES string of the molecule is COc1ccc(CC(O)(CN)c2ccccc2)cc1Br. The van der Waals surface area contributed by atoms with Gasteiger partial charge in [0.2, 0.25) is 0 Å². The van der Waals surface area contributed by atoms with E-state index in [-0.39, 0.29) is 6.54 Å². The molecule has 0 aromatic heterocycles. The molecule has 0 saturated heterocycles. The summed E-state index contributed by atoms with van der Waals surface area (Å²) >= 11 is 3.46. The highest BCUT2D eigenvalue weighted by atomic mass is 79.9. The lowest BCUT2D eigenvalue weighted by Crippen LogP contribution is -2.37. The molecule has 0 aliphatic heterocycles. The van der Waals surface area contributed by atoms with Gasteiger partial charge in [-0.3, -0.25) is 0 Å². The molecule has 2 aromatic carbocycles. The van der Waals surface area contributed by atoms with Crippen molar-refractivity contribution < 1.29 is 9.84 Å². The van der Waals surface area contributed by atoms with Crippen molar-refractivity contribution in [3.8, 4) is 5.75 Å². The summed E-state index contributed by atoms with van der Waals surface area (Å²) in [4.78, 5) is 0. The topological polar surface area (TPSA) is 55.5 Å². The van der Waals surface area contributed by atoms with Crippen LogP contribution in [0.25, 0.3) is 0 Å². The summed E-state index contributed by atoms with van der Waals surface area (Å²) in [6.07, 6.45) is 0.454. The normalized spacial score (nSPS) is 13.8. The molecule has 3 nitrogen and oxygen atoms in total. The van der Waals surface area contributed by atoms with Crippen LogP contribution >= 0.6 is 15.9 Å². The van der Waals surface area contributed by atoms with Crippen molar-refractivity contribution in [2.75, 3.05) is 13.7 Å². The zero-order valence-electron chi connectivity index (χ0n) is 11.3. The highest BCUT2D eigenvalue weighted by Crippen LogP contribution is 2.30. The molecule has 20 heavy (non-hydrogen) atoms. The van der Waals surface area contributed by atoms with E-state index in [0.717, 1.165) is 21.3 Å². The van der Waals surface area contributed by atoms with Crippen LogP contribution < -0.4 is 10.5 Å². The average Bonchev–Trinajstić information content (AvgIpc) is 2.48. The van der Waals surface area contributed by atoms with Gasteiger partial charge in [-0.2, -0.15) is 0 Å². The molecule has 1 atom stereocenters. The number of aliphatic hydroxyl groups is 1. The summed E-state index contributed by atoms with van der Waals surface area (Å²) in [5.74, 6) is 0.768. The summed E-state index contributed by atoms with van der Waals surface area (Å²) in [5, 5.41) is 10.8. The molecular weight excluding hydrogens is 318 g/mol. The Balaban J connectivity index is 2.28. The Kier molecular flexibility index (Phi) is 4.81. The summed E-state index contributed by atoms with van der Waals surface area (Å²) in [5.41, 5.74) is 6.56. The van der Waals surface area contributed by atoms with Crippen LogP contribution in [0.4, 0.5) is 0 Å². The van der Waals surface area contributed by atoms with E-state index in [1.54, 1.807) is 7.11 Å². The maximum Gasteiger partial charge on any atom is 0.133 e. The molecule has 0 fully saturated rings. The van der Waals surface area contributed by atoms with Gasteiger partial charge >= 0.3 is 0 Å². The first-order valence-electron chi connectivity index (χ1n) is 6.39. The van der Waals surface area contributed by atoms with Gasteiger partial charge in [0.05, 0.1) is 11.6 Å². The standard InChI is InChI=1S/C16H18BrNO2/c1-20-15-8-7-12(9-14(15)17)10-16(19,11-18)13-5-3-2-4-6-13/h2-9,19H,10-11,18H2,1H3. The number of methoxy groups -OCH3 is 1. The third-order valence-corrected chi connectivity index (χ3v) is 3.98. The Morgan fingerprint density at radius 3 is 2.45 bits per heavy atom. The summed E-state index contributed by atoms with van der Waals surface area (Å²) in [7, 11) is 1.62. The molecule has 2 aromatic rings. The third-order valence-electron chi connectivity index (χ3n) is 3.36. The Morgan fingerprint density at radius 1 is 1.20 bits per heavy atom. The highest BCUT2D eigenvalue weighted by molar-refractivity contribution is 9.10. The van der Waals surface area contributed by atoms with E-state index in [1.165, 1.54) is 0 Å². The second kappa shape index (κ2) is 6.39. The maximum absolute atomic E-state index is 10.8. The number of benzene rings is 2. The van der Waals surface area contributed by atoms with Gasteiger partial charge in [0, 0.05) is 13.0 Å². The first kappa shape index (κ1) is 15.0. The molecule has 0 aliphatic carbocycles. The average molecular weight is 336 g/mol. The fraction of sp³-hybridized carbons (Fsp3) is 0.250. The zero-order valence-corrected chi connectivity index (χ0v) is 12.9. The number of nitrogens with two attached hydrogens (primary N) is 1. The fourth-order valence-electron chi connectivity index (χ4n) is 2.20. The molecule has 0 spiro atoms. The van der Waals surface area contributed by atoms with Crippen molar-refractivity contribution in [2.24, 2.45) is 5.73 Å². The molecule has 106 valence electrons. The lowest BCUT2D eigenvalue weighted by Gasteiger charge is -2.27. The van der Waals surface area contributed by atoms with Crippen LogP contribution in [-0.4, -0.2) is 18.8 Å². The quantitative estimate of drug-likeness (QED) is 0.883. The summed E-state index contributed by atoms with van der Waals surface area (Å²) in [6.45, 7) is 0.167. The Morgan fingerprint density at radius 2 is 1.90 bits per heavy atom. The smallest absolute Gasteiger partial charge is 0.133 e. The molecule has 0 saturated carbocycles. The largest absolute Gasteiger partial charge is 0.496 e. The first-order valence-corrected chi connectivity index (χ1v) is 7.19. The molecule has 2 rings (SSSR count). The van der Waals surface area contributed by atoms with Crippen LogP contribution in [0.3, 0.4) is 0 Å². The molecule has 0 radical (unpaired) electrons. The van der Waals surface area contributed by atoms with E-state index < -0.39 is 5.60 Å². The number of hydrogen-bond donors (Lipinski definition) is 2. The molecule has 4 heteroatoms. The summed E-state index contributed by atoms with van der Waals surface area (Å²) in [6, 6.07) is 15.3. The highest BCUT2D eigenvalue weighted by Gasteiger charge is 2.28. The van der Waals surface area contributed by atoms with Crippen molar-refractivity contribution in [2.45, 2.75) is 12.0 Å². The number of ether oxygens (including phenoxy) is 1. The minimum atomic E-state index is -1.06. The predicted molar refractivity (Wildman–Crippen MR) is 83.8 cm³/mol. The van der Waals surface area contributed by atoms with Crippen molar-refractivity contribution in [1.82, 2.24) is 0 Å². The molecule has 0 bridgehead atoms. The van der Waals surface area contributed by atoms with E-state index in [2.05, 4.69) is 15.9 Å². The van der Waals surface area contributed by atoms with Crippen molar-refractivity contribution >= 4 is 15.9 Å². The van der Waals surface area contributed by atoms with E-state index in [9.17, 15) is 5.11 Å². The number of rotatable bonds is 5. The third kappa shape index (κ3) is 3.20. The lowest BCUT2D eigenvalue weighted by molar-refractivity contribution is 0.0462. The van der Waals surface area contributed by atoms with Crippen molar-refractivity contribution in [3.05, 3.63) is 64.1 Å². The lowest BCUT2D eigenvalue weighted by atomic mass is 9.87. The number of halogens is 1. The van der Waals surface area contributed by atoms with Gasteiger partial charge in [0.25, 0.3) is 0 Å². The van der Waals surface area contributed by atoms with Gasteiger partial charge in [-0.1, -0.05) is 36.4 Å². The minimum absolute atomic E-state index is 0.167. The molecule has 3 N–H and O–H groups in total. The first-order chi connectivity index (χ1) is 9.59. The summed E-state index contributed by atoms with van der Waals surface area (Å²) < 4.78 is 6.07. The van der Waals surface area contributed by atoms with E-state index in [0.29, 0.717) is 6.42 Å². The van der Waals surface area contributed by atoms with E-state index in [1.807, 2.05) is 48.5 Å². The van der Waals surface area contributed by atoms with Crippen LogP contribution in [0, 0.1) is 0 Å². The predicted octanol–water partition coefficient (Wildman–Crippen LogP) is 2.85. The molecule has 1 unspecified atom stereocenters. The minimum Gasteiger partial charge on any atom is -0.496 e. The second-order valence-electron chi connectivity index (χ2n) is 4.75. The van der Waals surface area contributed by atoms with E-state index >= 15 is 0 Å². The van der Waals surface area contributed by atoms with Gasteiger partial charge in [-0.25, -0.2) is 0 Å². The van der Waals surface area contributed by atoms with Crippen LogP contribution in [0.2, 0.25) is 0 Å². The van der Waals surface area contributed by atoms with Gasteiger partial charge in [-0.15, -0.1) is 0 Å². The molecule has 0 amide bonds. The monoisotopic (exact) mass is 335 g/mol. The van der Waals surface area contributed by atoms with Crippen molar-refractivity contribution in [3.63, 3.8) is 0 Å². The van der Waals surface area contributed by atoms with Crippen LogP contribution in [0.5, 0.6) is 5.75 Å². The maximum atomic E-state index is 10.8. The molecule has 0 heterocycles. The zero-order chi connectivity index (χ0) is 14.6. The van der Waals surface area contributed by atoms with Gasteiger partial charge in [0.15, 0.2) is 0 Å². The Hall–Kier alpha value is -1.36. The fourth-order valence-corrected chi connectivity index (χ4v) is 2.79. The van der Waals surface area contributed by atoms with Crippen molar-refractivity contribution in [1.29, 1.82) is 0 Å². The van der Waals surface area contributed by atoms with Gasteiger partial charge in [-0.05, 0) is 39.2 Å². The van der Waals surface area contributed by atoms with Crippen LogP contribution in [0.15, 0.2) is 53.0 Å². The second-order valence-corrected chi connectivity index (χ2v) is 5.60. The Bertz CT molecular complexity index is 574. The number of hydrogen-bond acceptors (Lipinski definition) is 3. The van der Waals surface area contributed by atoms with Crippen LogP contribution in [0.1, 0.15) is 11.1 Å². The molecule has 0 aliphatic rings. The Labute approximate surface area is 127 Å². The van der Waals surface area contributed by atoms with E-state index in [4.69, 9.17) is 10.5 Å². The molecular formula is C16H18BrNO2. The van der Waals surface area contributed by atoms with Gasteiger partial charge < -0.3 is 15.6 Å². The van der Waals surface area contributed by atoms with Crippen LogP contribution in [-0.2, 0) is 12.0 Å².